The van der Waals surface area contributed by atoms with E-state index in [4.69, 9.17) is 14.2 Å². The van der Waals surface area contributed by atoms with Crippen molar-refractivity contribution in [2.75, 3.05) is 26.1 Å². The highest BCUT2D eigenvalue weighted by Gasteiger charge is 2.19. The first-order valence-electron chi connectivity index (χ1n) is 9.07. The van der Waals surface area contributed by atoms with E-state index in [1.165, 1.54) is 25.8 Å². The number of hydrogen-bond acceptors (Lipinski definition) is 9. The van der Waals surface area contributed by atoms with Crippen molar-refractivity contribution >= 4 is 17.5 Å². The molecule has 1 aromatic carbocycles. The third-order valence-electron chi connectivity index (χ3n) is 4.31. The third-order valence-corrected chi connectivity index (χ3v) is 5.41. The molecular weight excluding hydrogens is 384 g/mol. The summed E-state index contributed by atoms with van der Waals surface area (Å²) in [5.41, 5.74) is 0.540. The summed E-state index contributed by atoms with van der Waals surface area (Å²) in [6, 6.07) is 4.95. The summed E-state index contributed by atoms with van der Waals surface area (Å²) in [6.07, 6.45) is 1.48. The van der Waals surface area contributed by atoms with Gasteiger partial charge in [0.1, 0.15) is 6.61 Å². The first kappa shape index (κ1) is 20.6. The fourth-order valence-corrected chi connectivity index (χ4v) is 3.60. The second-order valence-corrected chi connectivity index (χ2v) is 7.46. The Bertz CT molecular complexity index is 794. The van der Waals surface area contributed by atoms with Gasteiger partial charge in [0.25, 0.3) is 0 Å². The maximum absolute atomic E-state index is 11.5. The predicted molar refractivity (Wildman–Crippen MR) is 102 cm³/mol. The monoisotopic (exact) mass is 408 g/mol. The Kier molecular flexibility index (Phi) is 7.24. The van der Waals surface area contributed by atoms with Crippen LogP contribution in [0.2, 0.25) is 0 Å². The van der Waals surface area contributed by atoms with E-state index in [9.17, 15) is 9.90 Å². The maximum atomic E-state index is 11.5. The normalized spacial score (nSPS) is 17.5. The first-order chi connectivity index (χ1) is 13.6. The Morgan fingerprint density at radius 3 is 3.04 bits per heavy atom. The lowest BCUT2D eigenvalue weighted by molar-refractivity contribution is 0.0911. The molecule has 152 valence electrons. The number of ether oxygens (including phenoxy) is 3. The van der Waals surface area contributed by atoms with Crippen LogP contribution < -0.4 is 9.47 Å². The van der Waals surface area contributed by atoms with Crippen LogP contribution in [-0.2, 0) is 11.3 Å². The van der Waals surface area contributed by atoms with Gasteiger partial charge in [0.15, 0.2) is 17.3 Å². The average Bonchev–Trinajstić information content (AvgIpc) is 3.36. The molecule has 1 fully saturated rings. The van der Waals surface area contributed by atoms with Crippen LogP contribution in [0.1, 0.15) is 30.1 Å². The van der Waals surface area contributed by atoms with Crippen molar-refractivity contribution in [2.45, 2.75) is 43.7 Å². The number of carbonyl (C=O) groups excluding carboxylic acids is 1. The SMILES string of the molecule is COc1cc(C(C)=O)ccc1OC[C@@H](O)CSc1nnnn1C[C@H]1CCCO1. The topological polar surface area (TPSA) is 109 Å². The number of benzene rings is 1. The second-order valence-electron chi connectivity index (χ2n) is 6.48. The molecule has 0 amide bonds. The van der Waals surface area contributed by atoms with E-state index in [0.29, 0.717) is 34.5 Å². The van der Waals surface area contributed by atoms with Crippen molar-refractivity contribution in [1.82, 2.24) is 20.2 Å². The Morgan fingerprint density at radius 2 is 2.32 bits per heavy atom. The van der Waals surface area contributed by atoms with Crippen LogP contribution in [0, 0.1) is 0 Å². The molecule has 2 atom stereocenters. The van der Waals surface area contributed by atoms with Gasteiger partial charge in [-0.25, -0.2) is 4.68 Å². The number of rotatable bonds is 10. The fraction of sp³-hybridized carbons (Fsp3) is 0.556. The lowest BCUT2D eigenvalue weighted by atomic mass is 10.1. The number of nitrogens with zero attached hydrogens (tertiary/aromatic N) is 4. The minimum atomic E-state index is -0.727. The molecule has 1 aliphatic heterocycles. The van der Waals surface area contributed by atoms with Gasteiger partial charge >= 0.3 is 0 Å². The molecule has 28 heavy (non-hydrogen) atoms. The molecule has 10 heteroatoms. The molecule has 9 nitrogen and oxygen atoms in total. The van der Waals surface area contributed by atoms with E-state index < -0.39 is 6.10 Å². The van der Waals surface area contributed by atoms with Crippen LogP contribution in [0.25, 0.3) is 0 Å². The van der Waals surface area contributed by atoms with Crippen LogP contribution in [0.4, 0.5) is 0 Å². The number of carbonyl (C=O) groups is 1. The lowest BCUT2D eigenvalue weighted by Crippen LogP contribution is -2.21. The number of ketones is 1. The minimum Gasteiger partial charge on any atom is -0.493 e. The molecule has 0 spiro atoms. The van der Waals surface area contributed by atoms with Crippen molar-refractivity contribution in [2.24, 2.45) is 0 Å². The van der Waals surface area contributed by atoms with Gasteiger partial charge < -0.3 is 19.3 Å². The van der Waals surface area contributed by atoms with Crippen LogP contribution in [0.15, 0.2) is 23.4 Å². The van der Waals surface area contributed by atoms with Crippen LogP contribution in [0.5, 0.6) is 11.5 Å². The standard InChI is InChI=1S/C18H24N4O5S/c1-12(23)13-5-6-16(17(8-13)25-2)27-10-14(24)11-28-18-19-20-21-22(18)9-15-4-3-7-26-15/h5-6,8,14-15,24H,3-4,7,9-11H2,1-2H3/t14-,15-/m1/s1. The highest BCUT2D eigenvalue weighted by molar-refractivity contribution is 7.99. The number of Topliss-reactive ketones (excluding diaryl/α,β-unsaturated/α-hetero) is 1. The quantitative estimate of drug-likeness (QED) is 0.463. The number of aliphatic hydroxyl groups excluding tert-OH is 1. The van der Waals surface area contributed by atoms with Gasteiger partial charge in [-0.3, -0.25) is 4.79 Å². The molecule has 0 saturated carbocycles. The van der Waals surface area contributed by atoms with Gasteiger partial charge in [0.2, 0.25) is 5.16 Å². The van der Waals surface area contributed by atoms with Crippen LogP contribution in [-0.4, -0.2) is 69.4 Å². The summed E-state index contributed by atoms with van der Waals surface area (Å²) in [4.78, 5) is 11.5. The summed E-state index contributed by atoms with van der Waals surface area (Å²) in [7, 11) is 1.51. The largest absolute Gasteiger partial charge is 0.493 e. The van der Waals surface area contributed by atoms with E-state index >= 15 is 0 Å². The van der Waals surface area contributed by atoms with Gasteiger partial charge in [-0.15, -0.1) is 5.10 Å². The zero-order valence-corrected chi connectivity index (χ0v) is 16.7. The Labute approximate surface area is 167 Å². The number of aromatic nitrogens is 4. The summed E-state index contributed by atoms with van der Waals surface area (Å²) in [5, 5.41) is 22.6. The summed E-state index contributed by atoms with van der Waals surface area (Å²) >= 11 is 1.36. The Balaban J connectivity index is 1.49. The van der Waals surface area contributed by atoms with Gasteiger partial charge in [0, 0.05) is 17.9 Å². The minimum absolute atomic E-state index is 0.0537. The zero-order valence-electron chi connectivity index (χ0n) is 15.9. The average molecular weight is 408 g/mol. The lowest BCUT2D eigenvalue weighted by Gasteiger charge is -2.15. The van der Waals surface area contributed by atoms with Crippen molar-refractivity contribution in [3.63, 3.8) is 0 Å². The molecule has 0 bridgehead atoms. The molecule has 2 heterocycles. The Hall–Kier alpha value is -2.17. The Morgan fingerprint density at radius 1 is 1.46 bits per heavy atom. The van der Waals surface area contributed by atoms with E-state index in [1.807, 2.05) is 0 Å². The van der Waals surface area contributed by atoms with Crippen molar-refractivity contribution in [3.8, 4) is 11.5 Å². The van der Waals surface area contributed by atoms with Gasteiger partial charge in [0.05, 0.1) is 25.9 Å². The van der Waals surface area contributed by atoms with Gasteiger partial charge in [-0.1, -0.05) is 11.8 Å². The first-order valence-corrected chi connectivity index (χ1v) is 10.1. The van der Waals surface area contributed by atoms with Gasteiger partial charge in [-0.05, 0) is 48.4 Å². The molecule has 0 unspecified atom stereocenters. The summed E-state index contributed by atoms with van der Waals surface area (Å²) < 4.78 is 18.2. The van der Waals surface area contributed by atoms with E-state index in [1.54, 1.807) is 22.9 Å². The van der Waals surface area contributed by atoms with Crippen molar-refractivity contribution in [1.29, 1.82) is 0 Å². The molecule has 2 aromatic rings. The molecule has 1 aromatic heterocycles. The summed E-state index contributed by atoms with van der Waals surface area (Å²) in [5.74, 6) is 1.24. The van der Waals surface area contributed by atoms with E-state index in [0.717, 1.165) is 19.4 Å². The highest BCUT2D eigenvalue weighted by atomic mass is 32.2. The van der Waals surface area contributed by atoms with Gasteiger partial charge in [-0.2, -0.15) is 0 Å². The molecule has 0 aliphatic carbocycles. The number of thioether (sulfide) groups is 1. The number of tetrazole rings is 1. The fourth-order valence-electron chi connectivity index (χ4n) is 2.81. The van der Waals surface area contributed by atoms with Crippen LogP contribution in [0.3, 0.4) is 0 Å². The van der Waals surface area contributed by atoms with E-state index in [2.05, 4.69) is 15.5 Å². The molecule has 1 N–H and O–H groups in total. The predicted octanol–water partition coefficient (Wildman–Crippen LogP) is 1.60. The maximum Gasteiger partial charge on any atom is 0.209 e. The molecule has 1 aliphatic rings. The summed E-state index contributed by atoms with van der Waals surface area (Å²) in [6.45, 7) is 2.96. The van der Waals surface area contributed by atoms with Crippen molar-refractivity contribution in [3.05, 3.63) is 23.8 Å². The third kappa shape index (κ3) is 5.43. The number of hydrogen-bond donors (Lipinski definition) is 1. The molecule has 1 saturated heterocycles. The van der Waals surface area contributed by atoms with E-state index in [-0.39, 0.29) is 18.5 Å². The van der Waals surface area contributed by atoms with Crippen molar-refractivity contribution < 1.29 is 24.1 Å². The van der Waals surface area contributed by atoms with Crippen LogP contribution >= 0.6 is 11.8 Å². The smallest absolute Gasteiger partial charge is 0.209 e. The number of methoxy groups -OCH3 is 1. The molecule has 0 radical (unpaired) electrons. The zero-order chi connectivity index (χ0) is 19.9. The number of aliphatic hydroxyl groups is 1. The molecular formula is C18H24N4O5S. The highest BCUT2D eigenvalue weighted by Crippen LogP contribution is 2.28. The second kappa shape index (κ2) is 9.85. The molecule has 3 rings (SSSR count).